The van der Waals surface area contributed by atoms with Crippen LogP contribution < -0.4 is 10.1 Å². The molecule has 1 aromatic carbocycles. The largest absolute Gasteiger partial charge is 0.490 e. The Morgan fingerprint density at radius 3 is 2.61 bits per heavy atom. The lowest BCUT2D eigenvalue weighted by atomic mass is 9.90. The first-order valence-electron chi connectivity index (χ1n) is 6.04. The van der Waals surface area contributed by atoms with E-state index in [9.17, 15) is 10.1 Å². The minimum absolute atomic E-state index is 0.00761. The molecule has 5 heteroatoms. The highest BCUT2D eigenvalue weighted by Crippen LogP contribution is 2.32. The predicted octanol–water partition coefficient (Wildman–Crippen LogP) is 2.70. The number of ether oxygens (including phenoxy) is 1. The third-order valence-electron chi connectivity index (χ3n) is 3.33. The smallest absolute Gasteiger partial charge is 0.310 e. The van der Waals surface area contributed by atoms with Crippen molar-refractivity contribution >= 4 is 5.69 Å². The Labute approximate surface area is 107 Å². The lowest BCUT2D eigenvalue weighted by Crippen LogP contribution is -2.28. The van der Waals surface area contributed by atoms with E-state index in [0.717, 1.165) is 12.0 Å². The van der Waals surface area contributed by atoms with Gasteiger partial charge in [-0.3, -0.25) is 10.1 Å². The highest BCUT2D eigenvalue weighted by molar-refractivity contribution is 5.49. The number of methoxy groups -OCH3 is 1. The number of nitro benzene ring substituents is 1. The van der Waals surface area contributed by atoms with Gasteiger partial charge in [-0.1, -0.05) is 13.0 Å². The zero-order valence-corrected chi connectivity index (χ0v) is 11.3. The van der Waals surface area contributed by atoms with E-state index >= 15 is 0 Å². The Balaban J connectivity index is 3.14. The van der Waals surface area contributed by atoms with Crippen molar-refractivity contribution in [1.82, 2.24) is 5.32 Å². The van der Waals surface area contributed by atoms with E-state index in [-0.39, 0.29) is 5.69 Å². The Hall–Kier alpha value is -1.62. The zero-order chi connectivity index (χ0) is 13.7. The van der Waals surface area contributed by atoms with Gasteiger partial charge in [0.2, 0.25) is 0 Å². The molecule has 0 aliphatic rings. The fourth-order valence-electron chi connectivity index (χ4n) is 2.15. The van der Waals surface area contributed by atoms with Crippen LogP contribution in [-0.4, -0.2) is 25.1 Å². The molecule has 0 amide bonds. The van der Waals surface area contributed by atoms with Crippen molar-refractivity contribution < 1.29 is 9.66 Å². The van der Waals surface area contributed by atoms with E-state index in [1.165, 1.54) is 13.2 Å². The van der Waals surface area contributed by atoms with Gasteiger partial charge in [0.05, 0.1) is 12.0 Å². The number of rotatable bonds is 6. The van der Waals surface area contributed by atoms with Gasteiger partial charge in [0.25, 0.3) is 0 Å². The van der Waals surface area contributed by atoms with Crippen LogP contribution in [0.5, 0.6) is 5.75 Å². The summed E-state index contributed by atoms with van der Waals surface area (Å²) in [4.78, 5) is 10.4. The van der Waals surface area contributed by atoms with E-state index in [4.69, 9.17) is 4.74 Å². The van der Waals surface area contributed by atoms with Gasteiger partial charge < -0.3 is 10.1 Å². The van der Waals surface area contributed by atoms with Crippen LogP contribution in [-0.2, 0) is 0 Å². The molecule has 0 radical (unpaired) electrons. The molecule has 2 atom stereocenters. The molecule has 0 aliphatic heterocycles. The number of likely N-dealkylation sites (N-methyl/N-ethyl adjacent to an activating group) is 1. The van der Waals surface area contributed by atoms with Crippen molar-refractivity contribution in [3.05, 3.63) is 33.9 Å². The third kappa shape index (κ3) is 2.98. The predicted molar refractivity (Wildman–Crippen MR) is 71.2 cm³/mol. The second-order valence-electron chi connectivity index (χ2n) is 4.28. The molecule has 0 spiro atoms. The molecule has 18 heavy (non-hydrogen) atoms. The van der Waals surface area contributed by atoms with E-state index < -0.39 is 4.92 Å². The maximum absolute atomic E-state index is 10.8. The van der Waals surface area contributed by atoms with Crippen molar-refractivity contribution in [1.29, 1.82) is 0 Å². The highest BCUT2D eigenvalue weighted by atomic mass is 16.6. The molecule has 0 saturated heterocycles. The Kier molecular flexibility index (Phi) is 5.09. The van der Waals surface area contributed by atoms with E-state index in [0.29, 0.717) is 17.7 Å². The maximum atomic E-state index is 10.8. The second-order valence-corrected chi connectivity index (χ2v) is 4.28. The molecule has 100 valence electrons. The molecule has 0 bridgehead atoms. The Bertz CT molecular complexity index is 421. The number of hydrogen-bond donors (Lipinski definition) is 1. The monoisotopic (exact) mass is 252 g/mol. The first kappa shape index (κ1) is 14.4. The Morgan fingerprint density at radius 1 is 1.50 bits per heavy atom. The summed E-state index contributed by atoms with van der Waals surface area (Å²) in [6, 6.07) is 5.39. The van der Waals surface area contributed by atoms with Crippen LogP contribution in [0.15, 0.2) is 18.2 Å². The van der Waals surface area contributed by atoms with Crippen LogP contribution in [0, 0.1) is 10.1 Å². The average Bonchev–Trinajstić information content (AvgIpc) is 2.38. The van der Waals surface area contributed by atoms with Gasteiger partial charge in [-0.2, -0.15) is 0 Å². The topological polar surface area (TPSA) is 64.4 Å². The maximum Gasteiger partial charge on any atom is 0.310 e. The van der Waals surface area contributed by atoms with E-state index in [1.807, 2.05) is 13.1 Å². The van der Waals surface area contributed by atoms with E-state index in [1.54, 1.807) is 6.07 Å². The molecule has 1 N–H and O–H groups in total. The number of nitro groups is 1. The first-order valence-corrected chi connectivity index (χ1v) is 6.04. The summed E-state index contributed by atoms with van der Waals surface area (Å²) < 4.78 is 5.09. The molecule has 0 heterocycles. The summed E-state index contributed by atoms with van der Waals surface area (Å²) in [7, 11) is 3.37. The van der Waals surface area contributed by atoms with Crippen LogP contribution in [0.1, 0.15) is 31.7 Å². The summed E-state index contributed by atoms with van der Waals surface area (Å²) >= 11 is 0. The third-order valence-corrected chi connectivity index (χ3v) is 3.33. The standard InChI is InChI=1S/C13H20N2O3/c1-5-11(9(2)14-3)10-6-7-12(15(16)17)13(8-10)18-4/h6-9,11,14H,5H2,1-4H3. The molecule has 1 rings (SSSR count). The molecule has 1 aromatic rings. The van der Waals surface area contributed by atoms with Gasteiger partial charge in [-0.25, -0.2) is 0 Å². The van der Waals surface area contributed by atoms with Crippen molar-refractivity contribution in [2.75, 3.05) is 14.2 Å². The van der Waals surface area contributed by atoms with Gasteiger partial charge in [0.15, 0.2) is 5.75 Å². The molecule has 0 saturated carbocycles. The summed E-state index contributed by atoms with van der Waals surface area (Å²) in [5.74, 6) is 0.629. The van der Waals surface area contributed by atoms with Crippen LogP contribution in [0.3, 0.4) is 0 Å². The van der Waals surface area contributed by atoms with Gasteiger partial charge in [0, 0.05) is 12.1 Å². The van der Waals surface area contributed by atoms with E-state index in [2.05, 4.69) is 19.2 Å². The van der Waals surface area contributed by atoms with Gasteiger partial charge in [-0.05, 0) is 37.9 Å². The number of benzene rings is 1. The molecular formula is C13H20N2O3. The van der Waals surface area contributed by atoms with Crippen molar-refractivity contribution in [2.45, 2.75) is 32.2 Å². The van der Waals surface area contributed by atoms with Gasteiger partial charge >= 0.3 is 5.69 Å². The number of nitrogens with zero attached hydrogens (tertiary/aromatic N) is 1. The lowest BCUT2D eigenvalue weighted by Gasteiger charge is -2.23. The minimum atomic E-state index is -0.426. The van der Waals surface area contributed by atoms with Crippen molar-refractivity contribution in [3.8, 4) is 5.75 Å². The fourth-order valence-corrected chi connectivity index (χ4v) is 2.15. The minimum Gasteiger partial charge on any atom is -0.490 e. The number of nitrogens with one attached hydrogen (secondary N) is 1. The summed E-state index contributed by atoms with van der Waals surface area (Å²) in [6.07, 6.45) is 0.961. The molecule has 5 nitrogen and oxygen atoms in total. The number of hydrogen-bond acceptors (Lipinski definition) is 4. The quantitative estimate of drug-likeness (QED) is 0.624. The van der Waals surface area contributed by atoms with Crippen LogP contribution in [0.2, 0.25) is 0 Å². The summed E-state index contributed by atoms with van der Waals surface area (Å²) in [5, 5.41) is 14.0. The molecule has 0 aromatic heterocycles. The molecule has 2 unspecified atom stereocenters. The second kappa shape index (κ2) is 6.35. The SMILES string of the molecule is CCC(c1ccc([N+](=O)[O-])c(OC)c1)C(C)NC. The normalized spacial score (nSPS) is 14.0. The highest BCUT2D eigenvalue weighted by Gasteiger charge is 2.20. The van der Waals surface area contributed by atoms with Crippen LogP contribution in [0.4, 0.5) is 5.69 Å². The average molecular weight is 252 g/mol. The van der Waals surface area contributed by atoms with Gasteiger partial charge in [0.1, 0.15) is 0 Å². The molecular weight excluding hydrogens is 232 g/mol. The zero-order valence-electron chi connectivity index (χ0n) is 11.3. The molecule has 0 aliphatic carbocycles. The lowest BCUT2D eigenvalue weighted by molar-refractivity contribution is -0.385. The van der Waals surface area contributed by atoms with Crippen molar-refractivity contribution in [2.24, 2.45) is 0 Å². The Morgan fingerprint density at radius 2 is 2.17 bits per heavy atom. The fraction of sp³-hybridized carbons (Fsp3) is 0.538. The van der Waals surface area contributed by atoms with Crippen LogP contribution >= 0.6 is 0 Å². The first-order chi connectivity index (χ1) is 8.54. The summed E-state index contributed by atoms with van der Waals surface area (Å²) in [6.45, 7) is 4.20. The summed E-state index contributed by atoms with van der Waals surface area (Å²) in [5.41, 5.74) is 1.06. The van der Waals surface area contributed by atoms with Crippen LogP contribution in [0.25, 0.3) is 0 Å². The van der Waals surface area contributed by atoms with Crippen molar-refractivity contribution in [3.63, 3.8) is 0 Å². The molecule has 0 fully saturated rings. The van der Waals surface area contributed by atoms with Gasteiger partial charge in [-0.15, -0.1) is 0 Å².